The molecule has 3 heteroatoms. The quantitative estimate of drug-likeness (QED) is 0.869. The Morgan fingerprint density at radius 1 is 1.06 bits per heavy atom. The van der Waals surface area contributed by atoms with Crippen molar-refractivity contribution in [1.82, 2.24) is 5.32 Å². The van der Waals surface area contributed by atoms with Crippen molar-refractivity contribution in [2.24, 2.45) is 0 Å². The zero-order valence-electron chi connectivity index (χ0n) is 10.9. The molecule has 0 aliphatic carbocycles. The fraction of sp³-hybridized carbons (Fsp3) is 0.267. The van der Waals surface area contributed by atoms with Gasteiger partial charge in [-0.2, -0.15) is 0 Å². The number of anilines is 1. The largest absolute Gasteiger partial charge is 0.324 e. The maximum atomic E-state index is 12.1. The zero-order chi connectivity index (χ0) is 13.2. The van der Waals surface area contributed by atoms with E-state index in [1.54, 1.807) is 7.05 Å². The lowest BCUT2D eigenvalue weighted by Crippen LogP contribution is -2.47. The average molecular weight is 242 g/mol. The summed E-state index contributed by atoms with van der Waals surface area (Å²) < 4.78 is 0. The number of carbonyl (C=O) groups is 1. The Bertz CT molecular complexity index is 570. The van der Waals surface area contributed by atoms with E-state index in [1.807, 2.05) is 56.3 Å². The molecule has 1 amide bonds. The first kappa shape index (κ1) is 12.6. The van der Waals surface area contributed by atoms with Gasteiger partial charge in [0.15, 0.2) is 0 Å². The molecule has 0 aliphatic rings. The predicted molar refractivity (Wildman–Crippen MR) is 75.7 cm³/mol. The highest BCUT2D eigenvalue weighted by Crippen LogP contribution is 2.23. The van der Waals surface area contributed by atoms with Crippen molar-refractivity contribution < 1.29 is 4.79 Å². The van der Waals surface area contributed by atoms with Gasteiger partial charge in [0.2, 0.25) is 5.91 Å². The van der Waals surface area contributed by atoms with E-state index < -0.39 is 5.54 Å². The van der Waals surface area contributed by atoms with Crippen LogP contribution in [-0.2, 0) is 4.79 Å². The monoisotopic (exact) mass is 242 g/mol. The number of carbonyl (C=O) groups excluding carboxylic acids is 1. The summed E-state index contributed by atoms with van der Waals surface area (Å²) in [6.07, 6.45) is 0. The standard InChI is InChI=1S/C15H18N2O/c1-15(2,16-3)14(18)17-13-10-6-8-11-7-4-5-9-12(11)13/h4-10,16H,1-3H3,(H,17,18). The number of nitrogens with one attached hydrogen (secondary N) is 2. The summed E-state index contributed by atoms with van der Waals surface area (Å²) in [5.41, 5.74) is 0.262. The van der Waals surface area contributed by atoms with Crippen LogP contribution in [0.5, 0.6) is 0 Å². The van der Waals surface area contributed by atoms with Crippen molar-refractivity contribution in [2.75, 3.05) is 12.4 Å². The molecule has 0 unspecified atom stereocenters. The highest BCUT2D eigenvalue weighted by atomic mass is 16.2. The molecule has 0 bridgehead atoms. The minimum absolute atomic E-state index is 0.0404. The lowest BCUT2D eigenvalue weighted by molar-refractivity contribution is -0.121. The van der Waals surface area contributed by atoms with Crippen LogP contribution in [0.25, 0.3) is 10.8 Å². The smallest absolute Gasteiger partial charge is 0.244 e. The van der Waals surface area contributed by atoms with Crippen molar-refractivity contribution >= 4 is 22.4 Å². The molecule has 2 aromatic carbocycles. The van der Waals surface area contributed by atoms with Crippen molar-refractivity contribution in [2.45, 2.75) is 19.4 Å². The first-order valence-corrected chi connectivity index (χ1v) is 6.03. The zero-order valence-corrected chi connectivity index (χ0v) is 10.9. The minimum atomic E-state index is -0.586. The fourth-order valence-corrected chi connectivity index (χ4v) is 1.73. The molecular weight excluding hydrogens is 224 g/mol. The number of amides is 1. The van der Waals surface area contributed by atoms with Gasteiger partial charge in [-0.25, -0.2) is 0 Å². The third-order valence-corrected chi connectivity index (χ3v) is 3.23. The Morgan fingerprint density at radius 3 is 2.44 bits per heavy atom. The summed E-state index contributed by atoms with van der Waals surface area (Å²) in [6, 6.07) is 13.9. The van der Waals surface area contributed by atoms with E-state index in [4.69, 9.17) is 0 Å². The van der Waals surface area contributed by atoms with Crippen LogP contribution in [0.4, 0.5) is 5.69 Å². The van der Waals surface area contributed by atoms with E-state index in [9.17, 15) is 4.79 Å². The van der Waals surface area contributed by atoms with Gasteiger partial charge in [0.1, 0.15) is 0 Å². The second-order valence-corrected chi connectivity index (χ2v) is 4.86. The molecule has 0 saturated carbocycles. The molecule has 0 radical (unpaired) electrons. The molecule has 0 atom stereocenters. The number of rotatable bonds is 3. The second kappa shape index (κ2) is 4.78. The Balaban J connectivity index is 2.36. The van der Waals surface area contributed by atoms with E-state index in [2.05, 4.69) is 10.6 Å². The molecule has 2 rings (SSSR count). The van der Waals surface area contributed by atoms with E-state index in [0.717, 1.165) is 16.5 Å². The molecule has 0 fully saturated rings. The van der Waals surface area contributed by atoms with E-state index in [1.165, 1.54) is 0 Å². The fourth-order valence-electron chi connectivity index (χ4n) is 1.73. The summed E-state index contributed by atoms with van der Waals surface area (Å²) in [6.45, 7) is 3.71. The normalized spacial score (nSPS) is 11.5. The van der Waals surface area contributed by atoms with E-state index in [-0.39, 0.29) is 5.91 Å². The molecule has 2 N–H and O–H groups in total. The van der Waals surface area contributed by atoms with Crippen LogP contribution in [0.15, 0.2) is 42.5 Å². The Labute approximate surface area is 107 Å². The number of likely N-dealkylation sites (N-methyl/N-ethyl adjacent to an activating group) is 1. The Morgan fingerprint density at radius 2 is 1.72 bits per heavy atom. The van der Waals surface area contributed by atoms with Gasteiger partial charge < -0.3 is 10.6 Å². The number of benzene rings is 2. The molecule has 0 heterocycles. The highest BCUT2D eigenvalue weighted by Gasteiger charge is 2.25. The maximum absolute atomic E-state index is 12.1. The molecule has 2 aromatic rings. The van der Waals surface area contributed by atoms with Crippen LogP contribution >= 0.6 is 0 Å². The predicted octanol–water partition coefficient (Wildman–Crippen LogP) is 2.78. The average Bonchev–Trinajstić information content (AvgIpc) is 2.39. The van der Waals surface area contributed by atoms with Crippen LogP contribution in [-0.4, -0.2) is 18.5 Å². The van der Waals surface area contributed by atoms with Gasteiger partial charge in [-0.3, -0.25) is 4.79 Å². The molecule has 18 heavy (non-hydrogen) atoms. The number of fused-ring (bicyclic) bond motifs is 1. The lowest BCUT2D eigenvalue weighted by atomic mass is 10.0. The van der Waals surface area contributed by atoms with Crippen LogP contribution in [0.2, 0.25) is 0 Å². The van der Waals surface area contributed by atoms with Gasteiger partial charge in [-0.05, 0) is 32.3 Å². The molecule has 0 spiro atoms. The summed E-state index contributed by atoms with van der Waals surface area (Å²) >= 11 is 0. The lowest BCUT2D eigenvalue weighted by Gasteiger charge is -2.23. The number of hydrogen-bond acceptors (Lipinski definition) is 2. The van der Waals surface area contributed by atoms with E-state index in [0.29, 0.717) is 0 Å². The summed E-state index contributed by atoms with van der Waals surface area (Å²) in [5.74, 6) is -0.0404. The van der Waals surface area contributed by atoms with Crippen molar-refractivity contribution in [3.05, 3.63) is 42.5 Å². The molecule has 0 aromatic heterocycles. The third kappa shape index (κ3) is 2.36. The van der Waals surface area contributed by atoms with Crippen molar-refractivity contribution in [3.63, 3.8) is 0 Å². The first-order valence-electron chi connectivity index (χ1n) is 6.03. The molecule has 94 valence electrons. The van der Waals surface area contributed by atoms with Crippen LogP contribution < -0.4 is 10.6 Å². The van der Waals surface area contributed by atoms with Crippen molar-refractivity contribution in [3.8, 4) is 0 Å². The first-order chi connectivity index (χ1) is 8.54. The number of hydrogen-bond donors (Lipinski definition) is 2. The third-order valence-electron chi connectivity index (χ3n) is 3.23. The van der Waals surface area contributed by atoms with Crippen LogP contribution in [0.3, 0.4) is 0 Å². The Kier molecular flexibility index (Phi) is 3.34. The van der Waals surface area contributed by atoms with Crippen LogP contribution in [0, 0.1) is 0 Å². The van der Waals surface area contributed by atoms with E-state index >= 15 is 0 Å². The topological polar surface area (TPSA) is 41.1 Å². The van der Waals surface area contributed by atoms with Gasteiger partial charge in [-0.1, -0.05) is 36.4 Å². The molecule has 0 saturated heterocycles. The summed E-state index contributed by atoms with van der Waals surface area (Å²) in [5, 5.41) is 8.15. The molecular formula is C15H18N2O. The maximum Gasteiger partial charge on any atom is 0.244 e. The SMILES string of the molecule is CNC(C)(C)C(=O)Nc1cccc2ccccc12. The Hall–Kier alpha value is -1.87. The summed E-state index contributed by atoms with van der Waals surface area (Å²) in [4.78, 5) is 12.1. The van der Waals surface area contributed by atoms with Crippen molar-refractivity contribution in [1.29, 1.82) is 0 Å². The minimum Gasteiger partial charge on any atom is -0.324 e. The van der Waals surface area contributed by atoms with Crippen LogP contribution in [0.1, 0.15) is 13.8 Å². The van der Waals surface area contributed by atoms with Gasteiger partial charge >= 0.3 is 0 Å². The second-order valence-electron chi connectivity index (χ2n) is 4.86. The van der Waals surface area contributed by atoms with Gasteiger partial charge in [0, 0.05) is 11.1 Å². The summed E-state index contributed by atoms with van der Waals surface area (Å²) in [7, 11) is 1.78. The van der Waals surface area contributed by atoms with Gasteiger partial charge in [0.25, 0.3) is 0 Å². The molecule has 3 nitrogen and oxygen atoms in total. The molecule has 0 aliphatic heterocycles. The highest BCUT2D eigenvalue weighted by molar-refractivity contribution is 6.05. The van der Waals surface area contributed by atoms with Gasteiger partial charge in [-0.15, -0.1) is 0 Å². The van der Waals surface area contributed by atoms with Gasteiger partial charge in [0.05, 0.1) is 5.54 Å².